The van der Waals surface area contributed by atoms with Gasteiger partial charge in [0.05, 0.1) is 13.7 Å². The van der Waals surface area contributed by atoms with Crippen LogP contribution in [0.1, 0.15) is 24.3 Å². The van der Waals surface area contributed by atoms with Crippen LogP contribution in [0.25, 0.3) is 0 Å². The number of benzene rings is 1. The number of nitrogens with zero attached hydrogens (tertiary/aromatic N) is 1. The highest BCUT2D eigenvalue weighted by Crippen LogP contribution is 2.34. The van der Waals surface area contributed by atoms with Crippen molar-refractivity contribution >= 4 is 5.97 Å². The van der Waals surface area contributed by atoms with Gasteiger partial charge in [0.1, 0.15) is 11.6 Å². The largest absolute Gasteiger partial charge is 0.496 e. The van der Waals surface area contributed by atoms with Crippen LogP contribution in [0.3, 0.4) is 0 Å². The molecule has 0 spiro atoms. The molecule has 0 unspecified atom stereocenters. The van der Waals surface area contributed by atoms with E-state index >= 15 is 0 Å². The summed E-state index contributed by atoms with van der Waals surface area (Å²) in [5.41, 5.74) is 0.887. The number of likely N-dealkylation sites (tertiary alicyclic amines) is 1. The number of aliphatic carboxylic acids is 1. The van der Waals surface area contributed by atoms with E-state index in [4.69, 9.17) is 9.84 Å². The van der Waals surface area contributed by atoms with Crippen LogP contribution >= 0.6 is 0 Å². The zero-order chi connectivity index (χ0) is 13.8. The lowest BCUT2D eigenvalue weighted by molar-refractivity contribution is -0.138. The van der Waals surface area contributed by atoms with Crippen LogP contribution in [-0.2, 0) is 4.79 Å². The molecule has 2 rings (SSSR count). The normalized spacial score (nSPS) is 17.4. The third-order valence-corrected chi connectivity index (χ3v) is 3.58. The fraction of sp³-hybridized carbons (Fsp3) is 0.500. The van der Waals surface area contributed by atoms with E-state index in [0.717, 1.165) is 31.5 Å². The third-order valence-electron chi connectivity index (χ3n) is 3.58. The number of rotatable bonds is 4. The molecular formula is C14H18FNO3. The van der Waals surface area contributed by atoms with E-state index in [1.54, 1.807) is 13.2 Å². The fourth-order valence-electron chi connectivity index (χ4n) is 2.62. The van der Waals surface area contributed by atoms with Crippen molar-refractivity contribution in [2.24, 2.45) is 0 Å². The number of hydrogen-bond acceptors (Lipinski definition) is 3. The number of hydrogen-bond donors (Lipinski definition) is 1. The predicted molar refractivity (Wildman–Crippen MR) is 69.0 cm³/mol. The highest BCUT2D eigenvalue weighted by Gasteiger charge is 2.24. The van der Waals surface area contributed by atoms with Crippen LogP contribution in [-0.4, -0.2) is 42.7 Å². The maximum Gasteiger partial charge on any atom is 0.317 e. The molecule has 1 N–H and O–H groups in total. The van der Waals surface area contributed by atoms with Crippen LogP contribution < -0.4 is 4.74 Å². The number of methoxy groups -OCH3 is 1. The highest BCUT2D eigenvalue weighted by atomic mass is 19.1. The Balaban J connectivity index is 2.05. The maximum atomic E-state index is 13.3. The predicted octanol–water partition coefficient (Wildman–Crippen LogP) is 2.10. The summed E-state index contributed by atoms with van der Waals surface area (Å²) in [6.07, 6.45) is 1.65. The lowest BCUT2D eigenvalue weighted by Crippen LogP contribution is -2.36. The number of carboxylic acids is 1. The summed E-state index contributed by atoms with van der Waals surface area (Å²) >= 11 is 0. The van der Waals surface area contributed by atoms with Crippen molar-refractivity contribution in [1.29, 1.82) is 0 Å². The molecule has 1 aromatic carbocycles. The zero-order valence-electron chi connectivity index (χ0n) is 10.9. The molecule has 1 heterocycles. The van der Waals surface area contributed by atoms with E-state index in [1.807, 2.05) is 4.90 Å². The van der Waals surface area contributed by atoms with Gasteiger partial charge >= 0.3 is 5.97 Å². The zero-order valence-corrected chi connectivity index (χ0v) is 10.9. The molecule has 1 aliphatic heterocycles. The maximum absolute atomic E-state index is 13.3. The molecule has 0 aromatic heterocycles. The van der Waals surface area contributed by atoms with Crippen molar-refractivity contribution in [2.75, 3.05) is 26.7 Å². The van der Waals surface area contributed by atoms with Crippen LogP contribution in [0.4, 0.5) is 4.39 Å². The van der Waals surface area contributed by atoms with E-state index in [-0.39, 0.29) is 18.3 Å². The summed E-state index contributed by atoms with van der Waals surface area (Å²) in [7, 11) is 1.58. The summed E-state index contributed by atoms with van der Waals surface area (Å²) in [5.74, 6) is -0.126. The minimum absolute atomic E-state index is 0.0764. The van der Waals surface area contributed by atoms with Gasteiger partial charge in [-0.3, -0.25) is 9.69 Å². The number of ether oxygens (including phenoxy) is 1. The molecule has 0 amide bonds. The quantitative estimate of drug-likeness (QED) is 0.907. The SMILES string of the molecule is COc1ccc(F)cc1C1CCN(CC(=O)O)CC1. The standard InChI is InChI=1S/C14H18FNO3/c1-19-13-3-2-11(15)8-12(13)10-4-6-16(7-5-10)9-14(17)18/h2-3,8,10H,4-7,9H2,1H3,(H,17,18). The van der Waals surface area contributed by atoms with Crippen molar-refractivity contribution in [1.82, 2.24) is 4.90 Å². The summed E-state index contributed by atoms with van der Waals surface area (Å²) < 4.78 is 18.6. The lowest BCUT2D eigenvalue weighted by Gasteiger charge is -2.31. The average molecular weight is 267 g/mol. The van der Waals surface area contributed by atoms with Gasteiger partial charge in [-0.25, -0.2) is 4.39 Å². The Hall–Kier alpha value is -1.62. The number of carboxylic acid groups (broad SMARTS) is 1. The minimum atomic E-state index is -0.804. The van der Waals surface area contributed by atoms with Crippen LogP contribution in [0.15, 0.2) is 18.2 Å². The number of halogens is 1. The van der Waals surface area contributed by atoms with Gasteiger partial charge in [0.15, 0.2) is 0 Å². The van der Waals surface area contributed by atoms with Gasteiger partial charge < -0.3 is 9.84 Å². The second-order valence-electron chi connectivity index (χ2n) is 4.83. The monoisotopic (exact) mass is 267 g/mol. The Morgan fingerprint density at radius 3 is 2.74 bits per heavy atom. The van der Waals surface area contributed by atoms with Gasteiger partial charge in [-0.1, -0.05) is 0 Å². The van der Waals surface area contributed by atoms with Crippen LogP contribution in [0.2, 0.25) is 0 Å². The summed E-state index contributed by atoms with van der Waals surface area (Å²) in [6.45, 7) is 1.51. The molecule has 0 radical (unpaired) electrons. The van der Waals surface area contributed by atoms with Crippen LogP contribution in [0.5, 0.6) is 5.75 Å². The van der Waals surface area contributed by atoms with Crippen molar-refractivity contribution < 1.29 is 19.0 Å². The van der Waals surface area contributed by atoms with E-state index in [2.05, 4.69) is 0 Å². The molecule has 0 saturated carbocycles. The molecule has 1 saturated heterocycles. The van der Waals surface area contributed by atoms with E-state index in [9.17, 15) is 9.18 Å². The molecular weight excluding hydrogens is 249 g/mol. The first-order valence-corrected chi connectivity index (χ1v) is 6.37. The van der Waals surface area contributed by atoms with Gasteiger partial charge in [-0.2, -0.15) is 0 Å². The smallest absolute Gasteiger partial charge is 0.317 e. The Morgan fingerprint density at radius 2 is 2.16 bits per heavy atom. The highest BCUT2D eigenvalue weighted by molar-refractivity contribution is 5.69. The second-order valence-corrected chi connectivity index (χ2v) is 4.83. The molecule has 0 bridgehead atoms. The molecule has 4 nitrogen and oxygen atoms in total. The summed E-state index contributed by atoms with van der Waals surface area (Å²) in [6, 6.07) is 4.56. The number of piperidine rings is 1. The van der Waals surface area contributed by atoms with Crippen LogP contribution in [0, 0.1) is 5.82 Å². The fourth-order valence-corrected chi connectivity index (χ4v) is 2.62. The molecule has 1 aromatic rings. The molecule has 0 atom stereocenters. The summed E-state index contributed by atoms with van der Waals surface area (Å²) in [5, 5.41) is 8.76. The van der Waals surface area contributed by atoms with Gasteiger partial charge in [0, 0.05) is 5.56 Å². The van der Waals surface area contributed by atoms with Gasteiger partial charge in [-0.05, 0) is 50.0 Å². The summed E-state index contributed by atoms with van der Waals surface area (Å²) in [4.78, 5) is 12.6. The third kappa shape index (κ3) is 3.44. The molecule has 104 valence electrons. The first-order valence-electron chi connectivity index (χ1n) is 6.37. The molecule has 5 heteroatoms. The molecule has 1 aliphatic rings. The number of carbonyl (C=O) groups is 1. The van der Waals surface area contributed by atoms with Crippen molar-refractivity contribution in [3.8, 4) is 5.75 Å². The Morgan fingerprint density at radius 1 is 1.47 bits per heavy atom. The van der Waals surface area contributed by atoms with Gasteiger partial charge in [0.2, 0.25) is 0 Å². The van der Waals surface area contributed by atoms with Gasteiger partial charge in [0.25, 0.3) is 0 Å². The Kier molecular flexibility index (Phi) is 4.37. The van der Waals surface area contributed by atoms with E-state index in [1.165, 1.54) is 12.1 Å². The first-order chi connectivity index (χ1) is 9.10. The van der Waals surface area contributed by atoms with Crippen molar-refractivity contribution in [3.63, 3.8) is 0 Å². The van der Waals surface area contributed by atoms with Crippen molar-refractivity contribution in [3.05, 3.63) is 29.6 Å². The molecule has 1 fully saturated rings. The molecule has 0 aliphatic carbocycles. The minimum Gasteiger partial charge on any atom is -0.496 e. The van der Waals surface area contributed by atoms with Gasteiger partial charge in [-0.15, -0.1) is 0 Å². The lowest BCUT2D eigenvalue weighted by atomic mass is 9.88. The van der Waals surface area contributed by atoms with E-state index in [0.29, 0.717) is 5.75 Å². The Bertz CT molecular complexity index is 456. The second kappa shape index (κ2) is 6.02. The first kappa shape index (κ1) is 13.8. The Labute approximate surface area is 111 Å². The average Bonchev–Trinajstić information content (AvgIpc) is 2.39. The topological polar surface area (TPSA) is 49.8 Å². The van der Waals surface area contributed by atoms with Crippen molar-refractivity contribution in [2.45, 2.75) is 18.8 Å². The molecule has 19 heavy (non-hydrogen) atoms. The van der Waals surface area contributed by atoms with E-state index < -0.39 is 5.97 Å².